The predicted molar refractivity (Wildman–Crippen MR) is 379 cm³/mol. The van der Waals surface area contributed by atoms with Crippen LogP contribution in [0.15, 0.2) is 182 Å². The summed E-state index contributed by atoms with van der Waals surface area (Å²) in [6, 6.07) is 0. The van der Waals surface area contributed by atoms with Crippen molar-refractivity contribution in [1.29, 1.82) is 0 Å². The number of hydrogen-bond acceptors (Lipinski definition) is 8. The largest absolute Gasteiger partial charge is 0.545 e. The van der Waals surface area contributed by atoms with Gasteiger partial charge in [-0.3, -0.25) is 9.59 Å². The quantitative estimate of drug-likeness (QED) is 0.0195. The summed E-state index contributed by atoms with van der Waals surface area (Å²) >= 11 is 0. The van der Waals surface area contributed by atoms with Crippen molar-refractivity contribution in [2.24, 2.45) is 0 Å². The van der Waals surface area contributed by atoms with E-state index in [0.29, 0.717) is 17.4 Å². The fraction of sp³-hybridized carbons (Fsp3) is 0.588. The molecule has 9 nitrogen and oxygen atoms in total. The highest BCUT2D eigenvalue weighted by Gasteiger charge is 2.22. The molecule has 0 radical (unpaired) electrons. The second-order valence-corrected chi connectivity index (χ2v) is 23.7. The van der Waals surface area contributed by atoms with Gasteiger partial charge in [-0.25, -0.2) is 0 Å². The van der Waals surface area contributed by atoms with Crippen molar-refractivity contribution in [3.05, 3.63) is 182 Å². The second-order valence-electron chi connectivity index (χ2n) is 23.7. The minimum absolute atomic E-state index is 0.134. The Bertz CT molecular complexity index is 2120. The lowest BCUT2D eigenvalue weighted by atomic mass is 10.0. The Kier molecular flexibility index (Phi) is 64.0. The summed E-state index contributed by atoms with van der Waals surface area (Å²) in [7, 11) is 5.91. The molecule has 0 saturated heterocycles. The van der Waals surface area contributed by atoms with Crippen LogP contribution in [0.25, 0.3) is 0 Å². The summed E-state index contributed by atoms with van der Waals surface area (Å²) in [4.78, 5) is 37.5. The molecule has 9 heteroatoms. The molecule has 0 aliphatic heterocycles. The number of ether oxygens (including phenoxy) is 4. The first kappa shape index (κ1) is 83.4. The maximum absolute atomic E-state index is 12.9. The fourth-order valence-electron chi connectivity index (χ4n) is 8.88. The van der Waals surface area contributed by atoms with Crippen LogP contribution in [0.2, 0.25) is 0 Å². The van der Waals surface area contributed by atoms with Crippen LogP contribution in [-0.2, 0) is 33.3 Å². The van der Waals surface area contributed by atoms with Crippen LogP contribution in [0, 0.1) is 0 Å². The molecule has 0 N–H and O–H groups in total. The number of carboxylic acid groups (broad SMARTS) is 1. The molecule has 0 amide bonds. The monoisotopic (exact) mass is 1230 g/mol. The molecular weight excluding hydrogens is 1100 g/mol. The van der Waals surface area contributed by atoms with E-state index >= 15 is 0 Å². The van der Waals surface area contributed by atoms with Crippen molar-refractivity contribution in [2.75, 3.05) is 47.5 Å². The summed E-state index contributed by atoms with van der Waals surface area (Å²) < 4.78 is 22.7. The van der Waals surface area contributed by atoms with Gasteiger partial charge in [-0.1, -0.05) is 280 Å². The van der Waals surface area contributed by atoms with Crippen LogP contribution in [0.3, 0.4) is 0 Å². The zero-order chi connectivity index (χ0) is 64.7. The Morgan fingerprint density at radius 1 is 0.337 bits per heavy atom. The molecule has 0 aromatic heterocycles. The molecule has 0 fully saturated rings. The summed E-state index contributed by atoms with van der Waals surface area (Å²) in [5, 5.41) is 11.8. The van der Waals surface area contributed by atoms with Crippen molar-refractivity contribution in [3.8, 4) is 0 Å². The van der Waals surface area contributed by atoms with Crippen LogP contribution in [0.4, 0.5) is 0 Å². The van der Waals surface area contributed by atoms with Crippen LogP contribution >= 0.6 is 0 Å². The number of esters is 2. The molecule has 0 spiro atoms. The van der Waals surface area contributed by atoms with Gasteiger partial charge < -0.3 is 33.3 Å². The number of nitrogens with zero attached hydrogens (tertiary/aromatic N) is 1. The third kappa shape index (κ3) is 69.7. The normalized spacial score (nSPS) is 13.9. The van der Waals surface area contributed by atoms with Crippen LogP contribution < -0.4 is 5.11 Å². The molecule has 0 heterocycles. The van der Waals surface area contributed by atoms with Gasteiger partial charge in [-0.15, -0.1) is 0 Å². The smallest absolute Gasteiger partial charge is 0.306 e. The Morgan fingerprint density at radius 3 is 0.899 bits per heavy atom. The van der Waals surface area contributed by atoms with Crippen molar-refractivity contribution in [3.63, 3.8) is 0 Å². The molecule has 0 bridgehead atoms. The van der Waals surface area contributed by atoms with E-state index in [1.54, 1.807) is 0 Å². The number of likely N-dealkylation sites (N-methyl/N-ethyl adjacent to an activating group) is 1. The van der Waals surface area contributed by atoms with Gasteiger partial charge in [0.05, 0.1) is 40.3 Å². The Hall–Kier alpha value is -5.61. The van der Waals surface area contributed by atoms with Gasteiger partial charge in [-0.2, -0.15) is 0 Å². The molecule has 0 aliphatic carbocycles. The average molecular weight is 1230 g/mol. The SMILES string of the molecule is CC/C=C\C/C=C\C/C=C\C/C=C\C/C=C\C/C=C\C/C=C\C/C=C\C/C=C\C/C=C\C/C=C\CCCCCCCC(=O)OC(COC(=O)CCCCCCCCCCCCCC/C=C\C/C=C\C/C=C\C/C=C\CC)COC(OCC[N+](C)(C)C)C(=O)[O-]. The molecule has 2 atom stereocenters. The van der Waals surface area contributed by atoms with Gasteiger partial charge in [0.15, 0.2) is 12.4 Å². The minimum Gasteiger partial charge on any atom is -0.545 e. The predicted octanol–water partition coefficient (Wildman–Crippen LogP) is 20.7. The molecule has 89 heavy (non-hydrogen) atoms. The highest BCUT2D eigenvalue weighted by atomic mass is 16.7. The Balaban J connectivity index is 4.24. The molecule has 0 aliphatic rings. The minimum atomic E-state index is -1.64. The Labute approximate surface area is 545 Å². The lowest BCUT2D eigenvalue weighted by Gasteiger charge is -2.26. The maximum atomic E-state index is 12.9. The first-order valence-corrected chi connectivity index (χ1v) is 34.9. The average Bonchev–Trinajstić information content (AvgIpc) is 3.64. The van der Waals surface area contributed by atoms with Crippen LogP contribution in [0.1, 0.15) is 245 Å². The summed E-state index contributed by atoms with van der Waals surface area (Å²) in [6.07, 6.45) is 101. The van der Waals surface area contributed by atoms with Gasteiger partial charge >= 0.3 is 11.9 Å². The van der Waals surface area contributed by atoms with E-state index in [4.69, 9.17) is 18.9 Å². The van der Waals surface area contributed by atoms with Crippen molar-refractivity contribution in [2.45, 2.75) is 257 Å². The maximum Gasteiger partial charge on any atom is 0.306 e. The van der Waals surface area contributed by atoms with Crippen LogP contribution in [-0.4, -0.2) is 82.3 Å². The van der Waals surface area contributed by atoms with Gasteiger partial charge in [-0.05, 0) is 135 Å². The first-order chi connectivity index (χ1) is 43.6. The highest BCUT2D eigenvalue weighted by molar-refractivity contribution is 5.70. The molecule has 0 saturated carbocycles. The van der Waals surface area contributed by atoms with Crippen molar-refractivity contribution >= 4 is 17.9 Å². The van der Waals surface area contributed by atoms with E-state index in [0.717, 1.165) is 154 Å². The number of carboxylic acids is 1. The van der Waals surface area contributed by atoms with E-state index in [1.165, 1.54) is 57.8 Å². The molecule has 0 aromatic rings. The van der Waals surface area contributed by atoms with E-state index < -0.39 is 24.3 Å². The number of carbonyl (C=O) groups is 3. The number of quaternary nitrogens is 1. The Morgan fingerprint density at radius 2 is 0.607 bits per heavy atom. The second kappa shape index (κ2) is 68.3. The molecule has 500 valence electrons. The van der Waals surface area contributed by atoms with E-state index in [9.17, 15) is 19.5 Å². The fourth-order valence-corrected chi connectivity index (χ4v) is 8.88. The van der Waals surface area contributed by atoms with Crippen LogP contribution in [0.5, 0.6) is 0 Å². The summed E-state index contributed by atoms with van der Waals surface area (Å²) in [6.45, 7) is 4.48. The zero-order valence-corrected chi connectivity index (χ0v) is 57.0. The first-order valence-electron chi connectivity index (χ1n) is 34.9. The third-order valence-electron chi connectivity index (χ3n) is 14.1. The summed E-state index contributed by atoms with van der Waals surface area (Å²) in [5.74, 6) is -2.33. The summed E-state index contributed by atoms with van der Waals surface area (Å²) in [5.41, 5.74) is 0. The standard InChI is InChI=1S/C80H127NO8/c1-6-8-10-12-14-16-18-20-22-24-26-28-30-32-33-34-35-36-37-38-39-40-41-42-43-44-45-47-49-51-53-55-57-59-61-63-65-67-69-71-78(83)89-76(75-88-80(79(84)85)86-73-72-81(3,4)5)74-87-77(82)70-68-66-64-62-60-58-56-54-52-50-48-46-31-29-27-25-23-21-19-17-15-13-11-9-7-2/h8-11,14-17,20-23,26-29,32-33,35-36,38-39,41-42,44-45,49,51,55,57,76,80H,6-7,12-13,18-19,24-25,30-31,34,37,40,43,46-48,50,52-54,56,58-75H2,1-5H3/b10-8-,11-9-,16-14-,17-15-,22-20-,23-21-,28-26-,29-27-,33-32-,36-35-,39-38-,42-41-,45-44-,51-49-,57-55-. The molecule has 2 unspecified atom stereocenters. The number of rotatable bonds is 62. The van der Waals surface area contributed by atoms with Crippen molar-refractivity contribution < 1.29 is 42.9 Å². The van der Waals surface area contributed by atoms with Gasteiger partial charge in [0.2, 0.25) is 0 Å². The molecule has 0 rings (SSSR count). The number of aliphatic carboxylic acids is 1. The number of hydrogen-bond donors (Lipinski definition) is 0. The number of allylic oxidation sites excluding steroid dienone is 30. The third-order valence-corrected chi connectivity index (χ3v) is 14.1. The lowest BCUT2D eigenvalue weighted by molar-refractivity contribution is -0.870. The molecular formula is C80H127NO8. The highest BCUT2D eigenvalue weighted by Crippen LogP contribution is 2.15. The lowest BCUT2D eigenvalue weighted by Crippen LogP contribution is -2.44. The topological polar surface area (TPSA) is 111 Å². The number of unbranched alkanes of at least 4 members (excludes halogenated alkanes) is 17. The van der Waals surface area contributed by atoms with E-state index in [1.807, 2.05) is 21.1 Å². The van der Waals surface area contributed by atoms with Crippen molar-refractivity contribution in [1.82, 2.24) is 0 Å². The number of carbonyl (C=O) groups excluding carboxylic acids is 3. The van der Waals surface area contributed by atoms with Gasteiger partial charge in [0.25, 0.3) is 0 Å². The van der Waals surface area contributed by atoms with Gasteiger partial charge in [0.1, 0.15) is 13.2 Å². The van der Waals surface area contributed by atoms with Gasteiger partial charge in [0, 0.05) is 12.8 Å². The molecule has 0 aromatic carbocycles. The van der Waals surface area contributed by atoms with E-state index in [2.05, 4.69) is 196 Å². The zero-order valence-electron chi connectivity index (χ0n) is 57.0. The van der Waals surface area contributed by atoms with E-state index in [-0.39, 0.29) is 38.6 Å².